The SMILES string of the molecule is CCC(CC)Oc1ccc(-c2ccc(C=O)cc2)cc1N(CCCCc1ccccc1)C(=O)C=O. The first-order valence-corrected chi connectivity index (χ1v) is 12.3. The quantitative estimate of drug-likeness (QED) is 0.167. The molecule has 5 nitrogen and oxygen atoms in total. The fourth-order valence-electron chi connectivity index (χ4n) is 4.05. The van der Waals surface area contributed by atoms with Crippen molar-refractivity contribution in [3.63, 3.8) is 0 Å². The van der Waals surface area contributed by atoms with Crippen LogP contribution in [0, 0.1) is 0 Å². The Labute approximate surface area is 207 Å². The third kappa shape index (κ3) is 7.12. The summed E-state index contributed by atoms with van der Waals surface area (Å²) in [5.74, 6) is -0.00205. The molecule has 0 radical (unpaired) electrons. The number of benzene rings is 3. The lowest BCUT2D eigenvalue weighted by molar-refractivity contribution is -0.129. The molecule has 0 aromatic heterocycles. The van der Waals surface area contributed by atoms with Gasteiger partial charge in [-0.1, -0.05) is 74.5 Å². The number of ether oxygens (including phenoxy) is 1. The summed E-state index contributed by atoms with van der Waals surface area (Å²) in [6, 6.07) is 23.2. The van der Waals surface area contributed by atoms with E-state index in [4.69, 9.17) is 4.74 Å². The summed E-state index contributed by atoms with van der Waals surface area (Å²) >= 11 is 0. The Morgan fingerprint density at radius 1 is 0.886 bits per heavy atom. The molecule has 3 aromatic rings. The Bertz CT molecular complexity index is 1100. The number of hydrogen-bond acceptors (Lipinski definition) is 4. The average molecular weight is 472 g/mol. The normalized spacial score (nSPS) is 10.7. The summed E-state index contributed by atoms with van der Waals surface area (Å²) in [6.07, 6.45) is 5.40. The first kappa shape index (κ1) is 25.9. The summed E-state index contributed by atoms with van der Waals surface area (Å²) in [5.41, 5.74) is 4.22. The largest absolute Gasteiger partial charge is 0.488 e. The fourth-order valence-corrected chi connectivity index (χ4v) is 4.05. The number of amides is 1. The number of anilines is 1. The molecule has 0 heterocycles. The van der Waals surface area contributed by atoms with Crippen LogP contribution in [0.25, 0.3) is 11.1 Å². The van der Waals surface area contributed by atoms with E-state index >= 15 is 0 Å². The van der Waals surface area contributed by atoms with Gasteiger partial charge in [0, 0.05) is 12.1 Å². The van der Waals surface area contributed by atoms with Crippen LogP contribution in [0.15, 0.2) is 72.8 Å². The zero-order valence-electron chi connectivity index (χ0n) is 20.5. The van der Waals surface area contributed by atoms with Crippen LogP contribution in [0.3, 0.4) is 0 Å². The molecule has 0 bridgehead atoms. The molecule has 0 saturated carbocycles. The van der Waals surface area contributed by atoms with E-state index in [-0.39, 0.29) is 6.10 Å². The van der Waals surface area contributed by atoms with Crippen LogP contribution in [0.2, 0.25) is 0 Å². The van der Waals surface area contributed by atoms with E-state index in [0.717, 1.165) is 49.5 Å². The minimum Gasteiger partial charge on any atom is -0.488 e. The predicted molar refractivity (Wildman–Crippen MR) is 140 cm³/mol. The lowest BCUT2D eigenvalue weighted by Crippen LogP contribution is -2.33. The van der Waals surface area contributed by atoms with Gasteiger partial charge in [0.2, 0.25) is 6.29 Å². The van der Waals surface area contributed by atoms with E-state index in [1.54, 1.807) is 12.1 Å². The number of hydrogen-bond donors (Lipinski definition) is 0. The van der Waals surface area contributed by atoms with Gasteiger partial charge in [-0.3, -0.25) is 14.4 Å². The van der Waals surface area contributed by atoms with Crippen molar-refractivity contribution in [1.29, 1.82) is 0 Å². The molecule has 0 aliphatic rings. The predicted octanol–water partition coefficient (Wildman–Crippen LogP) is 6.29. The molecule has 0 unspecified atom stereocenters. The zero-order valence-corrected chi connectivity index (χ0v) is 20.5. The average Bonchev–Trinajstić information content (AvgIpc) is 2.92. The smallest absolute Gasteiger partial charge is 0.291 e. The van der Waals surface area contributed by atoms with Crippen molar-refractivity contribution in [3.8, 4) is 16.9 Å². The van der Waals surface area contributed by atoms with Crippen LogP contribution in [-0.4, -0.2) is 31.1 Å². The van der Waals surface area contributed by atoms with E-state index < -0.39 is 5.91 Å². The van der Waals surface area contributed by atoms with Crippen LogP contribution < -0.4 is 9.64 Å². The Morgan fingerprint density at radius 2 is 1.57 bits per heavy atom. The maximum Gasteiger partial charge on any atom is 0.291 e. The number of unbranched alkanes of at least 4 members (excludes halogenated alkanes) is 1. The van der Waals surface area contributed by atoms with Crippen molar-refractivity contribution in [2.75, 3.05) is 11.4 Å². The number of aryl methyl sites for hydroxylation is 1. The molecule has 5 heteroatoms. The summed E-state index contributed by atoms with van der Waals surface area (Å²) in [4.78, 5) is 36.9. The van der Waals surface area contributed by atoms with Gasteiger partial charge in [-0.2, -0.15) is 0 Å². The third-order valence-corrected chi connectivity index (χ3v) is 6.14. The van der Waals surface area contributed by atoms with Gasteiger partial charge in [-0.25, -0.2) is 0 Å². The number of carbonyl (C=O) groups is 3. The molecule has 0 spiro atoms. The monoisotopic (exact) mass is 471 g/mol. The zero-order chi connectivity index (χ0) is 25.0. The Hall–Kier alpha value is -3.73. The van der Waals surface area contributed by atoms with E-state index in [1.807, 2.05) is 48.5 Å². The van der Waals surface area contributed by atoms with Gasteiger partial charge in [0.25, 0.3) is 5.91 Å². The Kier molecular flexibility index (Phi) is 9.79. The topological polar surface area (TPSA) is 63.7 Å². The number of carbonyl (C=O) groups excluding carboxylic acids is 3. The van der Waals surface area contributed by atoms with Gasteiger partial charge in [0.1, 0.15) is 12.0 Å². The molecule has 0 N–H and O–H groups in total. The molecular formula is C30H33NO4. The highest BCUT2D eigenvalue weighted by molar-refractivity contribution is 6.30. The van der Waals surface area contributed by atoms with E-state index in [1.165, 1.54) is 10.5 Å². The van der Waals surface area contributed by atoms with Gasteiger partial charge < -0.3 is 9.64 Å². The molecule has 0 aliphatic carbocycles. The Balaban J connectivity index is 1.90. The molecule has 35 heavy (non-hydrogen) atoms. The second-order valence-corrected chi connectivity index (χ2v) is 8.53. The van der Waals surface area contributed by atoms with Crippen LogP contribution in [-0.2, 0) is 16.0 Å². The van der Waals surface area contributed by atoms with Crippen LogP contribution >= 0.6 is 0 Å². The molecule has 3 aromatic carbocycles. The van der Waals surface area contributed by atoms with Crippen molar-refractivity contribution in [1.82, 2.24) is 0 Å². The van der Waals surface area contributed by atoms with E-state index in [9.17, 15) is 14.4 Å². The summed E-state index contributed by atoms with van der Waals surface area (Å²) in [5, 5.41) is 0. The summed E-state index contributed by atoms with van der Waals surface area (Å²) < 4.78 is 6.27. The number of nitrogens with zero attached hydrogens (tertiary/aromatic N) is 1. The van der Waals surface area contributed by atoms with Crippen molar-refractivity contribution in [2.24, 2.45) is 0 Å². The highest BCUT2D eigenvalue weighted by Gasteiger charge is 2.21. The second-order valence-electron chi connectivity index (χ2n) is 8.53. The minimum atomic E-state index is -0.590. The molecule has 0 atom stereocenters. The van der Waals surface area contributed by atoms with Gasteiger partial charge in [0.15, 0.2) is 0 Å². The van der Waals surface area contributed by atoms with E-state index in [2.05, 4.69) is 26.0 Å². The molecule has 3 rings (SSSR count). The standard InChI is InChI=1S/C30H33NO4/c1-3-27(4-2)35-29-18-17-26(25-15-13-24(21-32)14-16-25)20-28(29)31(30(34)22-33)19-9-8-12-23-10-6-5-7-11-23/h5-7,10-11,13-18,20-22,27H,3-4,8-9,12,19H2,1-2H3. The molecule has 1 amide bonds. The summed E-state index contributed by atoms with van der Waals surface area (Å²) in [6.45, 7) is 4.54. The fraction of sp³-hybridized carbons (Fsp3) is 0.300. The van der Waals surface area contributed by atoms with Crippen molar-refractivity contribution >= 4 is 24.2 Å². The van der Waals surface area contributed by atoms with Crippen LogP contribution in [0.4, 0.5) is 5.69 Å². The molecule has 0 fully saturated rings. The minimum absolute atomic E-state index is 0.0118. The molecular weight excluding hydrogens is 438 g/mol. The van der Waals surface area contributed by atoms with Crippen molar-refractivity contribution < 1.29 is 19.1 Å². The third-order valence-electron chi connectivity index (χ3n) is 6.14. The molecule has 182 valence electrons. The van der Waals surface area contributed by atoms with Crippen molar-refractivity contribution in [3.05, 3.63) is 83.9 Å². The van der Waals surface area contributed by atoms with Gasteiger partial charge >= 0.3 is 0 Å². The summed E-state index contributed by atoms with van der Waals surface area (Å²) in [7, 11) is 0. The Morgan fingerprint density at radius 3 is 2.20 bits per heavy atom. The number of aldehydes is 2. The second kappa shape index (κ2) is 13.2. The maximum atomic E-state index is 12.7. The molecule has 0 saturated heterocycles. The highest BCUT2D eigenvalue weighted by atomic mass is 16.5. The highest BCUT2D eigenvalue weighted by Crippen LogP contribution is 2.35. The lowest BCUT2D eigenvalue weighted by atomic mass is 10.0. The van der Waals surface area contributed by atoms with Gasteiger partial charge in [0.05, 0.1) is 11.8 Å². The first-order valence-electron chi connectivity index (χ1n) is 12.3. The number of rotatable bonds is 13. The van der Waals surface area contributed by atoms with Gasteiger partial charge in [-0.15, -0.1) is 0 Å². The van der Waals surface area contributed by atoms with E-state index in [0.29, 0.717) is 29.8 Å². The van der Waals surface area contributed by atoms with Gasteiger partial charge in [-0.05, 0) is 60.9 Å². The van der Waals surface area contributed by atoms with Crippen LogP contribution in [0.1, 0.15) is 55.5 Å². The first-order chi connectivity index (χ1) is 17.1. The van der Waals surface area contributed by atoms with Crippen molar-refractivity contribution in [2.45, 2.75) is 52.1 Å². The van der Waals surface area contributed by atoms with Crippen LogP contribution in [0.5, 0.6) is 5.75 Å². The lowest BCUT2D eigenvalue weighted by Gasteiger charge is -2.26. The maximum absolute atomic E-state index is 12.7. The molecule has 0 aliphatic heterocycles.